The highest BCUT2D eigenvalue weighted by Gasteiger charge is 2.15. The number of allylic oxidation sites excluding steroid dienone is 1. The number of hydrogen-bond donors (Lipinski definition) is 1. The van der Waals surface area contributed by atoms with Gasteiger partial charge in [-0.3, -0.25) is 0 Å². The van der Waals surface area contributed by atoms with Crippen LogP contribution in [0, 0.1) is 0 Å². The Morgan fingerprint density at radius 1 is 1.35 bits per heavy atom. The molecule has 2 aromatic heterocycles. The third-order valence-electron chi connectivity index (χ3n) is 3.41. The van der Waals surface area contributed by atoms with Gasteiger partial charge in [0.05, 0.1) is 11.9 Å². The van der Waals surface area contributed by atoms with Gasteiger partial charge < -0.3 is 4.74 Å². The van der Waals surface area contributed by atoms with Gasteiger partial charge in [0.1, 0.15) is 6.61 Å². The summed E-state index contributed by atoms with van der Waals surface area (Å²) in [7, 11) is 1.55. The SMILES string of the molecule is C=C(C)c1cccc(-n2nnn(C)c2=O)c1COc1ccn[nH]1. The summed E-state index contributed by atoms with van der Waals surface area (Å²) in [5.41, 5.74) is 2.86. The van der Waals surface area contributed by atoms with E-state index in [0.717, 1.165) is 16.7 Å². The molecular weight excluding hydrogens is 296 g/mol. The second kappa shape index (κ2) is 5.91. The van der Waals surface area contributed by atoms with Crippen LogP contribution in [0.25, 0.3) is 11.3 Å². The number of nitrogens with one attached hydrogen (secondary N) is 1. The van der Waals surface area contributed by atoms with Crippen LogP contribution in [0.2, 0.25) is 0 Å². The largest absolute Gasteiger partial charge is 0.473 e. The molecular formula is C15H16N6O2. The minimum Gasteiger partial charge on any atom is -0.473 e. The summed E-state index contributed by atoms with van der Waals surface area (Å²) in [4.78, 5) is 12.2. The molecule has 2 heterocycles. The monoisotopic (exact) mass is 312 g/mol. The molecule has 0 spiro atoms. The molecule has 118 valence electrons. The minimum absolute atomic E-state index is 0.240. The van der Waals surface area contributed by atoms with Gasteiger partial charge in [0.25, 0.3) is 0 Å². The third-order valence-corrected chi connectivity index (χ3v) is 3.41. The van der Waals surface area contributed by atoms with Crippen LogP contribution in [0.3, 0.4) is 0 Å². The van der Waals surface area contributed by atoms with Gasteiger partial charge in [-0.1, -0.05) is 24.3 Å². The summed E-state index contributed by atoms with van der Waals surface area (Å²) in [6, 6.07) is 7.30. The Hall–Kier alpha value is -3.16. The Bertz CT molecular complexity index is 891. The van der Waals surface area contributed by atoms with Gasteiger partial charge >= 0.3 is 5.69 Å². The first-order valence-corrected chi connectivity index (χ1v) is 6.97. The van der Waals surface area contributed by atoms with Gasteiger partial charge in [0.2, 0.25) is 5.88 Å². The second-order valence-electron chi connectivity index (χ2n) is 5.09. The zero-order chi connectivity index (χ0) is 16.4. The summed E-state index contributed by atoms with van der Waals surface area (Å²) in [6.07, 6.45) is 1.61. The van der Waals surface area contributed by atoms with Crippen LogP contribution >= 0.6 is 0 Å². The average Bonchev–Trinajstić information content (AvgIpc) is 3.16. The van der Waals surface area contributed by atoms with E-state index in [2.05, 4.69) is 27.2 Å². The predicted molar refractivity (Wildman–Crippen MR) is 84.2 cm³/mol. The number of benzene rings is 1. The lowest BCUT2D eigenvalue weighted by atomic mass is 10.0. The number of nitrogens with zero attached hydrogens (tertiary/aromatic N) is 5. The van der Waals surface area contributed by atoms with Crippen molar-refractivity contribution in [1.29, 1.82) is 0 Å². The van der Waals surface area contributed by atoms with E-state index in [1.807, 2.05) is 19.1 Å². The summed E-state index contributed by atoms with van der Waals surface area (Å²) >= 11 is 0. The summed E-state index contributed by atoms with van der Waals surface area (Å²) in [5.74, 6) is 0.541. The summed E-state index contributed by atoms with van der Waals surface area (Å²) in [5, 5.41) is 14.2. The van der Waals surface area contributed by atoms with Crippen LogP contribution in [-0.4, -0.2) is 30.0 Å². The van der Waals surface area contributed by atoms with E-state index in [-0.39, 0.29) is 12.3 Å². The minimum atomic E-state index is -0.327. The van der Waals surface area contributed by atoms with Gasteiger partial charge in [-0.25, -0.2) is 9.89 Å². The van der Waals surface area contributed by atoms with E-state index in [4.69, 9.17) is 4.74 Å². The van der Waals surface area contributed by atoms with Gasteiger partial charge in [-0.05, 0) is 29.0 Å². The highest BCUT2D eigenvalue weighted by molar-refractivity contribution is 5.68. The van der Waals surface area contributed by atoms with E-state index in [1.54, 1.807) is 25.4 Å². The van der Waals surface area contributed by atoms with Gasteiger partial charge in [-0.2, -0.15) is 14.5 Å². The Morgan fingerprint density at radius 3 is 2.78 bits per heavy atom. The Balaban J connectivity index is 2.08. The smallest absolute Gasteiger partial charge is 0.368 e. The standard InChI is InChI=1S/C15H16N6O2/c1-10(2)11-5-4-6-13(21-15(22)20(3)18-19-21)12(11)9-23-14-7-8-16-17-14/h4-8H,1,9H2,2-3H3,(H,16,17). The van der Waals surface area contributed by atoms with Crippen molar-refractivity contribution < 1.29 is 4.74 Å². The number of rotatable bonds is 5. The molecule has 0 aliphatic carbocycles. The van der Waals surface area contributed by atoms with E-state index < -0.39 is 0 Å². The Morgan fingerprint density at radius 2 is 2.17 bits per heavy atom. The lowest BCUT2D eigenvalue weighted by molar-refractivity contribution is 0.292. The fourth-order valence-corrected chi connectivity index (χ4v) is 2.26. The molecule has 0 bridgehead atoms. The Labute approximate surface area is 132 Å². The molecule has 1 aromatic carbocycles. The number of aromatic amines is 1. The number of aromatic nitrogens is 6. The first-order valence-electron chi connectivity index (χ1n) is 6.97. The molecule has 0 radical (unpaired) electrons. The maximum Gasteiger partial charge on any atom is 0.368 e. The molecule has 3 aromatic rings. The fraction of sp³-hybridized carbons (Fsp3) is 0.200. The van der Waals surface area contributed by atoms with Crippen molar-refractivity contribution >= 4 is 5.57 Å². The van der Waals surface area contributed by atoms with Crippen molar-refractivity contribution in [3.63, 3.8) is 0 Å². The van der Waals surface area contributed by atoms with Crippen LogP contribution in [-0.2, 0) is 13.7 Å². The number of hydrogen-bond acceptors (Lipinski definition) is 5. The number of H-pyrrole nitrogens is 1. The molecule has 0 saturated heterocycles. The molecule has 8 heteroatoms. The van der Waals surface area contributed by atoms with E-state index >= 15 is 0 Å². The Kier molecular flexibility index (Phi) is 3.80. The maximum atomic E-state index is 12.2. The summed E-state index contributed by atoms with van der Waals surface area (Å²) < 4.78 is 8.12. The van der Waals surface area contributed by atoms with E-state index in [0.29, 0.717) is 11.6 Å². The highest BCUT2D eigenvalue weighted by atomic mass is 16.5. The zero-order valence-electron chi connectivity index (χ0n) is 12.9. The van der Waals surface area contributed by atoms with Crippen molar-refractivity contribution in [1.82, 2.24) is 30.0 Å². The first-order chi connectivity index (χ1) is 11.1. The van der Waals surface area contributed by atoms with Gasteiger partial charge in [-0.15, -0.1) is 0 Å². The zero-order valence-corrected chi connectivity index (χ0v) is 12.9. The molecule has 0 saturated carbocycles. The van der Waals surface area contributed by atoms with E-state index in [9.17, 15) is 4.79 Å². The molecule has 0 fully saturated rings. The molecule has 0 atom stereocenters. The third kappa shape index (κ3) is 2.78. The molecule has 23 heavy (non-hydrogen) atoms. The number of ether oxygens (including phenoxy) is 1. The molecule has 0 aliphatic rings. The van der Waals surface area contributed by atoms with Gasteiger partial charge in [0, 0.05) is 18.7 Å². The lowest BCUT2D eigenvalue weighted by Gasteiger charge is -2.14. The molecule has 0 unspecified atom stereocenters. The van der Waals surface area contributed by atoms with Crippen LogP contribution in [0.15, 0.2) is 41.8 Å². The van der Waals surface area contributed by atoms with Crippen LogP contribution in [0.5, 0.6) is 5.88 Å². The topological polar surface area (TPSA) is 90.6 Å². The van der Waals surface area contributed by atoms with Crippen molar-refractivity contribution in [2.45, 2.75) is 13.5 Å². The van der Waals surface area contributed by atoms with Crippen molar-refractivity contribution in [3.05, 3.63) is 58.7 Å². The quantitative estimate of drug-likeness (QED) is 0.767. The molecule has 0 amide bonds. The van der Waals surface area contributed by atoms with Crippen LogP contribution in [0.1, 0.15) is 18.1 Å². The van der Waals surface area contributed by atoms with Crippen LogP contribution < -0.4 is 10.4 Å². The van der Waals surface area contributed by atoms with Gasteiger partial charge in [0.15, 0.2) is 0 Å². The molecule has 8 nitrogen and oxygen atoms in total. The second-order valence-corrected chi connectivity index (χ2v) is 5.09. The number of tetrazole rings is 1. The van der Waals surface area contributed by atoms with Crippen molar-refractivity contribution in [2.75, 3.05) is 0 Å². The highest BCUT2D eigenvalue weighted by Crippen LogP contribution is 2.24. The van der Waals surface area contributed by atoms with E-state index in [1.165, 1.54) is 9.36 Å². The molecule has 1 N–H and O–H groups in total. The summed E-state index contributed by atoms with van der Waals surface area (Å²) in [6.45, 7) is 6.13. The van der Waals surface area contributed by atoms with Crippen molar-refractivity contribution in [2.24, 2.45) is 7.05 Å². The normalized spacial score (nSPS) is 10.7. The maximum absolute atomic E-state index is 12.2. The molecule has 3 rings (SSSR count). The number of aryl methyl sites for hydroxylation is 1. The molecule has 0 aliphatic heterocycles. The first kappa shape index (κ1) is 14.8. The predicted octanol–water partition coefficient (Wildman–Crippen LogP) is 1.30. The van der Waals surface area contributed by atoms with Crippen LogP contribution in [0.4, 0.5) is 0 Å². The average molecular weight is 312 g/mol. The fourth-order valence-electron chi connectivity index (χ4n) is 2.26. The lowest BCUT2D eigenvalue weighted by Crippen LogP contribution is -2.23. The van der Waals surface area contributed by atoms with Crippen molar-refractivity contribution in [3.8, 4) is 11.6 Å².